The molecule has 0 atom stereocenters. The van der Waals surface area contributed by atoms with Gasteiger partial charge in [0.05, 0.1) is 0 Å². The summed E-state index contributed by atoms with van der Waals surface area (Å²) < 4.78 is 37.7. The Labute approximate surface area is 119 Å². The number of aromatic amines is 1. The number of hydrogen-bond acceptors (Lipinski definition) is 5. The lowest BCUT2D eigenvalue weighted by molar-refractivity contribution is -0.141. The molecule has 0 aliphatic heterocycles. The van der Waals surface area contributed by atoms with Crippen molar-refractivity contribution in [1.82, 2.24) is 19.9 Å². The SMILES string of the molecule is Cc1cc(=O)[nH]c(Sc2cc(C(F)(F)F)nc(Cl)n2)n1. The first kappa shape index (κ1) is 14.8. The maximum absolute atomic E-state index is 12.6. The van der Waals surface area contributed by atoms with Crippen LogP contribution in [0.15, 0.2) is 27.1 Å². The molecule has 20 heavy (non-hydrogen) atoms. The van der Waals surface area contributed by atoms with Gasteiger partial charge in [0.15, 0.2) is 10.9 Å². The maximum atomic E-state index is 12.6. The molecule has 0 aliphatic rings. The highest BCUT2D eigenvalue weighted by Crippen LogP contribution is 2.32. The third-order valence-electron chi connectivity index (χ3n) is 2.02. The quantitative estimate of drug-likeness (QED) is 0.680. The van der Waals surface area contributed by atoms with E-state index in [2.05, 4.69) is 19.9 Å². The first-order chi connectivity index (χ1) is 9.24. The Morgan fingerprint density at radius 2 is 1.95 bits per heavy atom. The Hall–Kier alpha value is -1.61. The third-order valence-corrected chi connectivity index (χ3v) is 2.99. The van der Waals surface area contributed by atoms with E-state index in [1.54, 1.807) is 6.92 Å². The minimum Gasteiger partial charge on any atom is -0.301 e. The monoisotopic (exact) mass is 322 g/mol. The van der Waals surface area contributed by atoms with Crippen molar-refractivity contribution in [1.29, 1.82) is 0 Å². The molecule has 1 N–H and O–H groups in total. The molecule has 2 aromatic rings. The summed E-state index contributed by atoms with van der Waals surface area (Å²) in [5.41, 5.74) is -1.13. The average Bonchev–Trinajstić information content (AvgIpc) is 2.25. The van der Waals surface area contributed by atoms with E-state index in [9.17, 15) is 18.0 Å². The van der Waals surface area contributed by atoms with Crippen LogP contribution in [0.3, 0.4) is 0 Å². The number of aromatic nitrogens is 4. The third kappa shape index (κ3) is 3.70. The van der Waals surface area contributed by atoms with Gasteiger partial charge in [-0.05, 0) is 30.3 Å². The summed E-state index contributed by atoms with van der Waals surface area (Å²) in [6.07, 6.45) is -4.63. The summed E-state index contributed by atoms with van der Waals surface area (Å²) in [7, 11) is 0. The van der Waals surface area contributed by atoms with E-state index >= 15 is 0 Å². The van der Waals surface area contributed by atoms with Gasteiger partial charge < -0.3 is 4.98 Å². The fourth-order valence-corrected chi connectivity index (χ4v) is 2.37. The van der Waals surface area contributed by atoms with Gasteiger partial charge in [0.1, 0.15) is 5.03 Å². The van der Waals surface area contributed by atoms with Crippen molar-refractivity contribution < 1.29 is 13.2 Å². The molecule has 2 rings (SSSR count). The summed E-state index contributed by atoms with van der Waals surface area (Å²) in [4.78, 5) is 24.4. The average molecular weight is 323 g/mol. The first-order valence-electron chi connectivity index (χ1n) is 5.11. The number of H-pyrrole nitrogens is 1. The van der Waals surface area contributed by atoms with Crippen LogP contribution in [0.4, 0.5) is 13.2 Å². The first-order valence-corrected chi connectivity index (χ1v) is 6.31. The number of rotatable bonds is 2. The zero-order valence-electron chi connectivity index (χ0n) is 9.82. The number of nitrogens with zero attached hydrogens (tertiary/aromatic N) is 3. The normalized spacial score (nSPS) is 11.7. The van der Waals surface area contributed by atoms with E-state index in [-0.39, 0.29) is 10.2 Å². The summed E-state index contributed by atoms with van der Waals surface area (Å²) in [5.74, 6) is 0. The molecular weight excluding hydrogens is 317 g/mol. The van der Waals surface area contributed by atoms with E-state index < -0.39 is 22.7 Å². The lowest BCUT2D eigenvalue weighted by atomic mass is 10.4. The van der Waals surface area contributed by atoms with Crippen LogP contribution in [0.25, 0.3) is 0 Å². The van der Waals surface area contributed by atoms with Crippen LogP contribution >= 0.6 is 23.4 Å². The fraction of sp³-hybridized carbons (Fsp3) is 0.200. The van der Waals surface area contributed by atoms with Gasteiger partial charge in [-0.3, -0.25) is 4.79 Å². The van der Waals surface area contributed by atoms with Gasteiger partial charge in [-0.25, -0.2) is 15.0 Å². The van der Waals surface area contributed by atoms with E-state index in [0.29, 0.717) is 5.69 Å². The standard InChI is InChI=1S/C10H6ClF3N4OS/c1-4-2-6(19)17-9(15-4)20-7-3-5(10(12,13)14)16-8(11)18-7/h2-3H,1H3,(H,15,17,19). The predicted octanol–water partition coefficient (Wildman–Crippen LogP) is 2.69. The van der Waals surface area contributed by atoms with Gasteiger partial charge in [0, 0.05) is 17.8 Å². The van der Waals surface area contributed by atoms with E-state index in [1.807, 2.05) is 0 Å². The predicted molar refractivity (Wildman–Crippen MR) is 65.8 cm³/mol. The molecular formula is C10H6ClF3N4OS. The Balaban J connectivity index is 2.38. The Morgan fingerprint density at radius 3 is 2.55 bits per heavy atom. The van der Waals surface area contributed by atoms with E-state index in [0.717, 1.165) is 17.8 Å². The second-order valence-corrected chi connectivity index (χ2v) is 5.00. The molecule has 0 aliphatic carbocycles. The highest BCUT2D eigenvalue weighted by molar-refractivity contribution is 7.99. The molecule has 0 saturated heterocycles. The van der Waals surface area contributed by atoms with Crippen molar-refractivity contribution in [3.63, 3.8) is 0 Å². The topological polar surface area (TPSA) is 71.5 Å². The molecule has 106 valence electrons. The van der Waals surface area contributed by atoms with Crippen molar-refractivity contribution in [2.45, 2.75) is 23.3 Å². The summed E-state index contributed by atoms with van der Waals surface area (Å²) in [6, 6.07) is 2.00. The molecule has 0 fully saturated rings. The molecule has 0 amide bonds. The zero-order valence-corrected chi connectivity index (χ0v) is 11.4. The van der Waals surface area contributed by atoms with Crippen LogP contribution in [-0.4, -0.2) is 19.9 Å². The number of halogens is 4. The zero-order chi connectivity index (χ0) is 14.9. The number of alkyl halides is 3. The van der Waals surface area contributed by atoms with Crippen LogP contribution in [0, 0.1) is 6.92 Å². The molecule has 0 unspecified atom stereocenters. The lowest BCUT2D eigenvalue weighted by Gasteiger charge is -2.07. The number of aryl methyl sites for hydroxylation is 1. The van der Waals surface area contributed by atoms with Crippen molar-refractivity contribution in [3.05, 3.63) is 39.2 Å². The molecule has 2 heterocycles. The van der Waals surface area contributed by atoms with Crippen molar-refractivity contribution in [3.8, 4) is 0 Å². The Kier molecular flexibility index (Phi) is 4.00. The van der Waals surface area contributed by atoms with Crippen LogP contribution in [0.5, 0.6) is 0 Å². The minimum atomic E-state index is -4.63. The van der Waals surface area contributed by atoms with Crippen LogP contribution in [0.1, 0.15) is 11.4 Å². The van der Waals surface area contributed by atoms with E-state index in [1.165, 1.54) is 6.07 Å². The molecule has 0 radical (unpaired) electrons. The highest BCUT2D eigenvalue weighted by Gasteiger charge is 2.33. The van der Waals surface area contributed by atoms with Gasteiger partial charge in [0.25, 0.3) is 5.56 Å². The van der Waals surface area contributed by atoms with Crippen LogP contribution in [-0.2, 0) is 6.18 Å². The van der Waals surface area contributed by atoms with Gasteiger partial charge in [-0.1, -0.05) is 0 Å². The molecule has 2 aromatic heterocycles. The van der Waals surface area contributed by atoms with Crippen LogP contribution < -0.4 is 5.56 Å². The second-order valence-electron chi connectivity index (χ2n) is 3.65. The highest BCUT2D eigenvalue weighted by atomic mass is 35.5. The maximum Gasteiger partial charge on any atom is 0.433 e. The largest absolute Gasteiger partial charge is 0.433 e. The van der Waals surface area contributed by atoms with Gasteiger partial charge >= 0.3 is 6.18 Å². The minimum absolute atomic E-state index is 0.0638. The van der Waals surface area contributed by atoms with E-state index in [4.69, 9.17) is 11.6 Å². The molecule has 10 heteroatoms. The Morgan fingerprint density at radius 1 is 1.25 bits per heavy atom. The summed E-state index contributed by atoms with van der Waals surface area (Å²) >= 11 is 6.22. The van der Waals surface area contributed by atoms with Crippen molar-refractivity contribution in [2.75, 3.05) is 0 Å². The number of hydrogen-bond donors (Lipinski definition) is 1. The second kappa shape index (κ2) is 5.41. The molecule has 0 bridgehead atoms. The van der Waals surface area contributed by atoms with Crippen molar-refractivity contribution >= 4 is 23.4 Å². The molecule has 0 saturated carbocycles. The van der Waals surface area contributed by atoms with Gasteiger partial charge in [0.2, 0.25) is 5.28 Å². The van der Waals surface area contributed by atoms with Gasteiger partial charge in [-0.15, -0.1) is 0 Å². The molecule has 0 spiro atoms. The van der Waals surface area contributed by atoms with Crippen molar-refractivity contribution in [2.24, 2.45) is 0 Å². The molecule has 5 nitrogen and oxygen atoms in total. The lowest BCUT2D eigenvalue weighted by Crippen LogP contribution is -2.10. The smallest absolute Gasteiger partial charge is 0.301 e. The number of nitrogens with one attached hydrogen (secondary N) is 1. The van der Waals surface area contributed by atoms with Crippen LogP contribution in [0.2, 0.25) is 5.28 Å². The Bertz CT molecular complexity index is 704. The summed E-state index contributed by atoms with van der Waals surface area (Å²) in [5, 5.41) is -0.471. The van der Waals surface area contributed by atoms with Gasteiger partial charge in [-0.2, -0.15) is 13.2 Å². The summed E-state index contributed by atoms with van der Waals surface area (Å²) in [6.45, 7) is 1.59. The fourth-order valence-electron chi connectivity index (χ4n) is 1.29. The molecule has 0 aromatic carbocycles.